The van der Waals surface area contributed by atoms with E-state index in [1.807, 2.05) is 0 Å². The summed E-state index contributed by atoms with van der Waals surface area (Å²) in [6.45, 7) is 6.01. The predicted octanol–water partition coefficient (Wildman–Crippen LogP) is 4.13. The lowest BCUT2D eigenvalue weighted by Gasteiger charge is -2.04. The average molecular weight is 438 g/mol. The van der Waals surface area contributed by atoms with Crippen molar-refractivity contribution in [2.45, 2.75) is 65.2 Å². The van der Waals surface area contributed by atoms with Crippen molar-refractivity contribution in [2.75, 3.05) is 13.1 Å². The van der Waals surface area contributed by atoms with Gasteiger partial charge in [-0.1, -0.05) is 46.0 Å². The topological polar surface area (TPSA) is 63.3 Å². The van der Waals surface area contributed by atoms with Crippen LogP contribution in [0.2, 0.25) is 0 Å². The molecule has 22 heavy (non-hydrogen) atoms. The Morgan fingerprint density at radius 3 is 2.64 bits per heavy atom. The molecule has 0 amide bonds. The molecular formula is C16H31IN4S. The smallest absolute Gasteiger partial charge is 0.188 e. The summed E-state index contributed by atoms with van der Waals surface area (Å²) in [5.74, 6) is 0.564. The molecule has 0 saturated heterocycles. The fourth-order valence-electron chi connectivity index (χ4n) is 2.09. The molecule has 1 heterocycles. The first kappa shape index (κ1) is 21.6. The third kappa shape index (κ3) is 10.4. The van der Waals surface area contributed by atoms with Crippen molar-refractivity contribution in [1.29, 1.82) is 0 Å². The average Bonchev–Trinajstić information content (AvgIpc) is 2.94. The molecule has 0 aliphatic heterocycles. The van der Waals surface area contributed by atoms with Gasteiger partial charge in [-0.25, -0.2) is 4.98 Å². The van der Waals surface area contributed by atoms with Gasteiger partial charge >= 0.3 is 0 Å². The number of nitrogens with one attached hydrogen (secondary N) is 1. The van der Waals surface area contributed by atoms with E-state index in [0.717, 1.165) is 38.0 Å². The normalized spacial score (nSPS) is 11.3. The van der Waals surface area contributed by atoms with Crippen LogP contribution in [0.5, 0.6) is 0 Å². The van der Waals surface area contributed by atoms with E-state index < -0.39 is 0 Å². The molecule has 6 heteroatoms. The lowest BCUT2D eigenvalue weighted by atomic mass is 10.1. The molecule has 128 valence electrons. The first-order valence-corrected chi connectivity index (χ1v) is 9.11. The molecule has 0 unspecified atom stereocenters. The standard InChI is InChI=1S/C16H30N4S.HI/c1-3-5-6-7-8-9-11-18-16(17)19-12-10-14-13-21-15(4-2)20-14;/h13H,3-12H2,1-2H3,(H3,17,18,19);1H. The van der Waals surface area contributed by atoms with E-state index in [2.05, 4.69) is 34.5 Å². The third-order valence-electron chi connectivity index (χ3n) is 3.38. The van der Waals surface area contributed by atoms with Gasteiger partial charge < -0.3 is 11.1 Å². The second-order valence-corrected chi connectivity index (χ2v) is 6.24. The summed E-state index contributed by atoms with van der Waals surface area (Å²) in [4.78, 5) is 8.89. The van der Waals surface area contributed by atoms with Crippen LogP contribution >= 0.6 is 35.3 Å². The van der Waals surface area contributed by atoms with Crippen LogP contribution in [0.4, 0.5) is 0 Å². The van der Waals surface area contributed by atoms with Crippen molar-refractivity contribution in [1.82, 2.24) is 10.3 Å². The summed E-state index contributed by atoms with van der Waals surface area (Å²) < 4.78 is 0. The number of guanidine groups is 1. The van der Waals surface area contributed by atoms with Crippen molar-refractivity contribution in [3.8, 4) is 0 Å². The van der Waals surface area contributed by atoms with E-state index in [9.17, 15) is 0 Å². The van der Waals surface area contributed by atoms with Crippen molar-refractivity contribution >= 4 is 41.3 Å². The van der Waals surface area contributed by atoms with Crippen LogP contribution in [-0.2, 0) is 12.8 Å². The molecule has 0 radical (unpaired) electrons. The van der Waals surface area contributed by atoms with E-state index in [1.54, 1.807) is 11.3 Å². The van der Waals surface area contributed by atoms with Gasteiger partial charge in [0.05, 0.1) is 10.7 Å². The highest BCUT2D eigenvalue weighted by molar-refractivity contribution is 14.0. The highest BCUT2D eigenvalue weighted by atomic mass is 127. The second kappa shape index (κ2) is 14.2. The zero-order valence-corrected chi connectivity index (χ0v) is 17.1. The van der Waals surface area contributed by atoms with Crippen LogP contribution in [0.15, 0.2) is 10.4 Å². The molecular weight excluding hydrogens is 407 g/mol. The van der Waals surface area contributed by atoms with Gasteiger partial charge in [0, 0.05) is 24.9 Å². The minimum atomic E-state index is 0. The molecule has 0 atom stereocenters. The Morgan fingerprint density at radius 1 is 1.23 bits per heavy atom. The van der Waals surface area contributed by atoms with Gasteiger partial charge in [0.15, 0.2) is 5.96 Å². The van der Waals surface area contributed by atoms with E-state index in [1.165, 1.54) is 37.1 Å². The zero-order chi connectivity index (χ0) is 15.3. The van der Waals surface area contributed by atoms with Crippen molar-refractivity contribution in [3.63, 3.8) is 0 Å². The Labute approximate surface area is 156 Å². The molecule has 0 bridgehead atoms. The Kier molecular flexibility index (Phi) is 14.0. The molecule has 1 rings (SSSR count). The highest BCUT2D eigenvalue weighted by Crippen LogP contribution is 2.10. The van der Waals surface area contributed by atoms with Gasteiger partial charge in [-0.15, -0.1) is 35.3 Å². The van der Waals surface area contributed by atoms with E-state index in [-0.39, 0.29) is 24.0 Å². The highest BCUT2D eigenvalue weighted by Gasteiger charge is 2.00. The maximum absolute atomic E-state index is 5.85. The third-order valence-corrected chi connectivity index (χ3v) is 4.42. The molecule has 3 N–H and O–H groups in total. The van der Waals surface area contributed by atoms with Crippen LogP contribution < -0.4 is 11.1 Å². The lowest BCUT2D eigenvalue weighted by molar-refractivity contribution is 0.611. The molecule has 1 aromatic rings. The monoisotopic (exact) mass is 438 g/mol. The summed E-state index contributed by atoms with van der Waals surface area (Å²) in [6, 6.07) is 0. The van der Waals surface area contributed by atoms with Gasteiger partial charge in [0.25, 0.3) is 0 Å². The molecule has 0 saturated carbocycles. The number of nitrogens with two attached hydrogens (primary N) is 1. The minimum absolute atomic E-state index is 0. The van der Waals surface area contributed by atoms with Crippen LogP contribution in [-0.4, -0.2) is 24.0 Å². The number of thiazole rings is 1. The largest absolute Gasteiger partial charge is 0.370 e. The molecule has 0 aliphatic rings. The van der Waals surface area contributed by atoms with Crippen LogP contribution in [0, 0.1) is 0 Å². The number of aromatic nitrogens is 1. The number of hydrogen-bond donors (Lipinski definition) is 2. The van der Waals surface area contributed by atoms with Gasteiger partial charge in [-0.3, -0.25) is 4.99 Å². The van der Waals surface area contributed by atoms with E-state index in [0.29, 0.717) is 5.96 Å². The maximum Gasteiger partial charge on any atom is 0.188 e. The SMILES string of the molecule is CCCCCCCCN=C(N)NCCc1csc(CC)n1.I. The zero-order valence-electron chi connectivity index (χ0n) is 13.9. The van der Waals surface area contributed by atoms with Gasteiger partial charge in [0.2, 0.25) is 0 Å². The first-order chi connectivity index (χ1) is 10.3. The number of nitrogens with zero attached hydrogens (tertiary/aromatic N) is 2. The summed E-state index contributed by atoms with van der Waals surface area (Å²) in [5.41, 5.74) is 7.00. The Hall–Kier alpha value is -0.370. The molecule has 0 aliphatic carbocycles. The molecule has 0 aromatic carbocycles. The van der Waals surface area contributed by atoms with Gasteiger partial charge in [0.1, 0.15) is 0 Å². The number of halogens is 1. The van der Waals surface area contributed by atoms with Crippen LogP contribution in [0.25, 0.3) is 0 Å². The lowest BCUT2D eigenvalue weighted by Crippen LogP contribution is -2.33. The number of rotatable bonds is 11. The minimum Gasteiger partial charge on any atom is -0.370 e. The van der Waals surface area contributed by atoms with Crippen molar-refractivity contribution in [3.05, 3.63) is 16.1 Å². The maximum atomic E-state index is 5.85. The summed E-state index contributed by atoms with van der Waals surface area (Å²) in [6.07, 6.45) is 9.63. The number of unbranched alkanes of at least 4 members (excludes halogenated alkanes) is 5. The fraction of sp³-hybridized carbons (Fsp3) is 0.750. The second-order valence-electron chi connectivity index (χ2n) is 5.30. The molecule has 0 spiro atoms. The Balaban J connectivity index is 0.00000441. The number of aryl methyl sites for hydroxylation is 1. The van der Waals surface area contributed by atoms with Crippen molar-refractivity contribution < 1.29 is 0 Å². The number of aliphatic imine (C=N–C) groups is 1. The van der Waals surface area contributed by atoms with E-state index in [4.69, 9.17) is 5.73 Å². The molecule has 4 nitrogen and oxygen atoms in total. The Morgan fingerprint density at radius 2 is 1.95 bits per heavy atom. The Bertz CT molecular complexity index is 407. The fourth-order valence-corrected chi connectivity index (χ4v) is 2.87. The van der Waals surface area contributed by atoms with E-state index >= 15 is 0 Å². The first-order valence-electron chi connectivity index (χ1n) is 8.23. The van der Waals surface area contributed by atoms with Crippen LogP contribution in [0.1, 0.15) is 63.1 Å². The quantitative estimate of drug-likeness (QED) is 0.236. The van der Waals surface area contributed by atoms with Gasteiger partial charge in [-0.2, -0.15) is 0 Å². The predicted molar refractivity (Wildman–Crippen MR) is 108 cm³/mol. The summed E-state index contributed by atoms with van der Waals surface area (Å²) in [5, 5.41) is 6.49. The summed E-state index contributed by atoms with van der Waals surface area (Å²) >= 11 is 1.73. The number of hydrogen-bond acceptors (Lipinski definition) is 3. The molecule has 1 aromatic heterocycles. The molecule has 0 fully saturated rings. The summed E-state index contributed by atoms with van der Waals surface area (Å²) in [7, 11) is 0. The van der Waals surface area contributed by atoms with Crippen LogP contribution in [0.3, 0.4) is 0 Å². The van der Waals surface area contributed by atoms with Crippen molar-refractivity contribution in [2.24, 2.45) is 10.7 Å². The van der Waals surface area contributed by atoms with Gasteiger partial charge in [-0.05, 0) is 12.8 Å².